The lowest BCUT2D eigenvalue weighted by Gasteiger charge is -2.08. The number of hydrogen-bond acceptors (Lipinski definition) is 8. The minimum Gasteiger partial charge on any atom is -0.299 e. The lowest BCUT2D eigenvalue weighted by molar-refractivity contribution is -0.384. The predicted molar refractivity (Wildman–Crippen MR) is 117 cm³/mol. The molecule has 3 rings (SSSR count). The van der Waals surface area contributed by atoms with Crippen molar-refractivity contribution in [2.24, 2.45) is 10.2 Å². The Bertz CT molecular complexity index is 1170. The minimum atomic E-state index is -3.58. The van der Waals surface area contributed by atoms with Crippen molar-refractivity contribution >= 4 is 44.0 Å². The summed E-state index contributed by atoms with van der Waals surface area (Å²) >= 11 is 1.30. The topological polar surface area (TPSA) is 131 Å². The number of nitro groups is 1. The van der Waals surface area contributed by atoms with Gasteiger partial charge in [0.1, 0.15) is 10.8 Å². The van der Waals surface area contributed by atoms with Crippen LogP contribution >= 0.6 is 11.8 Å². The Morgan fingerprint density at radius 2 is 1.80 bits per heavy atom. The van der Waals surface area contributed by atoms with Crippen LogP contribution in [0, 0.1) is 10.1 Å². The van der Waals surface area contributed by atoms with Crippen LogP contribution in [-0.4, -0.2) is 42.7 Å². The zero-order valence-electron chi connectivity index (χ0n) is 16.2. The van der Waals surface area contributed by atoms with E-state index in [0.29, 0.717) is 39.6 Å². The molecule has 2 aromatic rings. The summed E-state index contributed by atoms with van der Waals surface area (Å²) in [5.41, 5.74) is 2.19. The van der Waals surface area contributed by atoms with Gasteiger partial charge in [0.05, 0.1) is 21.3 Å². The molecule has 30 heavy (non-hydrogen) atoms. The van der Waals surface area contributed by atoms with E-state index in [0.717, 1.165) is 0 Å². The molecule has 2 aromatic carbocycles. The van der Waals surface area contributed by atoms with Gasteiger partial charge in [-0.05, 0) is 43.3 Å². The molecular formula is C19H18N4O5S2. The second-order valence-corrected chi connectivity index (χ2v) is 9.40. The van der Waals surface area contributed by atoms with Crippen molar-refractivity contribution in [3.8, 4) is 11.1 Å². The number of benzene rings is 2. The number of ketones is 1. The maximum Gasteiger partial charge on any atom is 0.270 e. The standard InChI is InChI=1S/C19H18N4O5S2/c1-12(24)11-29-19-10-18(21-22-19)15-7-14(8-16(9-15)23(25)26)13-3-5-17(6-4-13)30(27,28)20-2/h3-9,20H,10-11H2,1-2H3. The van der Waals surface area contributed by atoms with Crippen molar-refractivity contribution in [2.75, 3.05) is 12.8 Å². The summed E-state index contributed by atoms with van der Waals surface area (Å²) in [6.07, 6.45) is 0.387. The van der Waals surface area contributed by atoms with Crippen LogP contribution < -0.4 is 4.72 Å². The van der Waals surface area contributed by atoms with Crippen molar-refractivity contribution in [2.45, 2.75) is 18.2 Å². The monoisotopic (exact) mass is 446 g/mol. The van der Waals surface area contributed by atoms with Gasteiger partial charge < -0.3 is 0 Å². The van der Waals surface area contributed by atoms with E-state index in [9.17, 15) is 23.3 Å². The van der Waals surface area contributed by atoms with E-state index in [1.807, 2.05) is 0 Å². The molecule has 11 heteroatoms. The van der Waals surface area contributed by atoms with Gasteiger partial charge in [0, 0.05) is 24.1 Å². The molecule has 0 saturated carbocycles. The first kappa shape index (κ1) is 21.8. The summed E-state index contributed by atoms with van der Waals surface area (Å²) < 4.78 is 26.0. The van der Waals surface area contributed by atoms with E-state index >= 15 is 0 Å². The van der Waals surface area contributed by atoms with Crippen molar-refractivity contribution in [3.63, 3.8) is 0 Å². The van der Waals surface area contributed by atoms with Crippen LogP contribution in [0.2, 0.25) is 0 Å². The Balaban J connectivity index is 1.91. The molecule has 0 fully saturated rings. The van der Waals surface area contributed by atoms with E-state index in [2.05, 4.69) is 14.9 Å². The second kappa shape index (κ2) is 8.86. The average Bonchev–Trinajstić information content (AvgIpc) is 3.21. The number of nitro benzene ring substituents is 1. The fraction of sp³-hybridized carbons (Fsp3) is 0.211. The van der Waals surface area contributed by atoms with Gasteiger partial charge in [-0.3, -0.25) is 14.9 Å². The van der Waals surface area contributed by atoms with E-state index in [4.69, 9.17) is 0 Å². The van der Waals surface area contributed by atoms with Gasteiger partial charge in [-0.25, -0.2) is 13.1 Å². The molecule has 1 heterocycles. The number of carbonyl (C=O) groups excluding carboxylic acids is 1. The molecule has 0 spiro atoms. The van der Waals surface area contributed by atoms with Gasteiger partial charge in [0.2, 0.25) is 10.0 Å². The number of sulfonamides is 1. The lowest BCUT2D eigenvalue weighted by atomic mass is 9.99. The predicted octanol–water partition coefficient (Wildman–Crippen LogP) is 3.00. The highest BCUT2D eigenvalue weighted by molar-refractivity contribution is 8.14. The average molecular weight is 447 g/mol. The summed E-state index contributed by atoms with van der Waals surface area (Å²) in [5, 5.41) is 20.3. The molecule has 1 N–H and O–H groups in total. The van der Waals surface area contributed by atoms with Gasteiger partial charge >= 0.3 is 0 Å². The van der Waals surface area contributed by atoms with Crippen LogP contribution in [0.3, 0.4) is 0 Å². The van der Waals surface area contributed by atoms with Gasteiger partial charge in [0.15, 0.2) is 0 Å². The third-order valence-corrected chi connectivity index (χ3v) is 6.81. The first-order valence-corrected chi connectivity index (χ1v) is 11.3. The van der Waals surface area contributed by atoms with Crippen LogP contribution in [0.1, 0.15) is 18.9 Å². The van der Waals surface area contributed by atoms with Gasteiger partial charge in [-0.15, -0.1) is 16.9 Å². The number of hydrogen-bond donors (Lipinski definition) is 1. The summed E-state index contributed by atoms with van der Waals surface area (Å²) in [4.78, 5) is 22.2. The first-order chi connectivity index (χ1) is 14.2. The third-order valence-electron chi connectivity index (χ3n) is 4.27. The van der Waals surface area contributed by atoms with Crippen LogP contribution in [0.15, 0.2) is 57.6 Å². The number of nitrogens with one attached hydrogen (secondary N) is 1. The highest BCUT2D eigenvalue weighted by Crippen LogP contribution is 2.29. The Hall–Kier alpha value is -2.89. The molecule has 0 radical (unpaired) electrons. The summed E-state index contributed by atoms with van der Waals surface area (Å²) in [5.74, 6) is 0.321. The fourth-order valence-electron chi connectivity index (χ4n) is 2.75. The van der Waals surface area contributed by atoms with Crippen LogP contribution in [0.5, 0.6) is 0 Å². The van der Waals surface area contributed by atoms with Crippen LogP contribution in [0.25, 0.3) is 11.1 Å². The third kappa shape index (κ3) is 4.99. The highest BCUT2D eigenvalue weighted by atomic mass is 32.2. The molecule has 1 aliphatic heterocycles. The minimum absolute atomic E-state index is 0.0255. The lowest BCUT2D eigenvalue weighted by Crippen LogP contribution is -2.18. The van der Waals surface area contributed by atoms with Crippen LogP contribution in [-0.2, 0) is 14.8 Å². The maximum atomic E-state index is 11.9. The Kier molecular flexibility index (Phi) is 6.44. The summed E-state index contributed by atoms with van der Waals surface area (Å²) in [6, 6.07) is 10.7. The largest absolute Gasteiger partial charge is 0.299 e. The molecule has 0 aliphatic carbocycles. The molecule has 0 aromatic heterocycles. The van der Waals surface area contributed by atoms with Gasteiger partial charge in [-0.1, -0.05) is 12.1 Å². The van der Waals surface area contributed by atoms with E-state index < -0.39 is 14.9 Å². The fourth-order valence-corrected chi connectivity index (χ4v) is 4.19. The van der Waals surface area contributed by atoms with Crippen molar-refractivity contribution in [3.05, 3.63) is 58.1 Å². The van der Waals surface area contributed by atoms with E-state index in [1.54, 1.807) is 18.2 Å². The molecule has 1 aliphatic rings. The number of carbonyl (C=O) groups is 1. The number of thioether (sulfide) groups is 1. The Morgan fingerprint density at radius 1 is 1.13 bits per heavy atom. The normalized spacial score (nSPS) is 13.7. The molecule has 156 valence electrons. The molecule has 0 amide bonds. The Labute approximate surface area is 177 Å². The zero-order chi connectivity index (χ0) is 21.9. The maximum absolute atomic E-state index is 11.9. The molecule has 9 nitrogen and oxygen atoms in total. The Morgan fingerprint density at radius 3 is 2.40 bits per heavy atom. The number of rotatable bonds is 7. The van der Waals surface area contributed by atoms with Gasteiger partial charge in [0.25, 0.3) is 5.69 Å². The summed E-state index contributed by atoms with van der Waals surface area (Å²) in [6.45, 7) is 1.49. The molecule has 0 atom stereocenters. The van der Waals surface area contributed by atoms with Crippen molar-refractivity contribution in [1.29, 1.82) is 0 Å². The number of Topliss-reactive ketones (excluding diaryl/α,β-unsaturated/α-hetero) is 1. The van der Waals surface area contributed by atoms with Crippen molar-refractivity contribution < 1.29 is 18.1 Å². The number of nitrogens with zero attached hydrogens (tertiary/aromatic N) is 3. The van der Waals surface area contributed by atoms with Crippen molar-refractivity contribution in [1.82, 2.24) is 4.72 Å². The zero-order valence-corrected chi connectivity index (χ0v) is 17.8. The molecule has 0 unspecified atom stereocenters. The highest BCUT2D eigenvalue weighted by Gasteiger charge is 2.20. The first-order valence-electron chi connectivity index (χ1n) is 8.79. The molecule has 0 saturated heterocycles. The smallest absolute Gasteiger partial charge is 0.270 e. The SMILES string of the molecule is CNS(=O)(=O)c1ccc(-c2cc(C3=NN=C(SCC(C)=O)C3)cc([N+](=O)[O-])c2)cc1. The van der Waals surface area contributed by atoms with E-state index in [-0.39, 0.29) is 16.4 Å². The number of non-ortho nitro benzene ring substituents is 1. The van der Waals surface area contributed by atoms with Crippen LogP contribution in [0.4, 0.5) is 5.69 Å². The molecular weight excluding hydrogens is 428 g/mol. The van der Waals surface area contributed by atoms with E-state index in [1.165, 1.54) is 50.0 Å². The quantitative estimate of drug-likeness (QED) is 0.514. The summed E-state index contributed by atoms with van der Waals surface area (Å²) in [7, 11) is -2.25. The molecule has 0 bridgehead atoms. The van der Waals surface area contributed by atoms with Gasteiger partial charge in [-0.2, -0.15) is 5.10 Å². The second-order valence-electron chi connectivity index (χ2n) is 6.47.